The van der Waals surface area contributed by atoms with Crippen LogP contribution in [0.4, 0.5) is 8.78 Å². The molecule has 0 spiro atoms. The highest BCUT2D eigenvalue weighted by Gasteiger charge is 2.54. The van der Waals surface area contributed by atoms with E-state index in [0.29, 0.717) is 6.42 Å². The van der Waals surface area contributed by atoms with Gasteiger partial charge in [-0.3, -0.25) is 39.0 Å². The van der Waals surface area contributed by atoms with E-state index in [0.717, 1.165) is 0 Å². The Morgan fingerprint density at radius 3 is 2.05 bits per heavy atom. The zero-order chi connectivity index (χ0) is 32.6. The van der Waals surface area contributed by atoms with E-state index in [1.165, 1.54) is 43.0 Å². The van der Waals surface area contributed by atoms with Gasteiger partial charge in [0.1, 0.15) is 6.04 Å². The van der Waals surface area contributed by atoms with Crippen LogP contribution < -0.4 is 16.0 Å². The van der Waals surface area contributed by atoms with E-state index in [-0.39, 0.29) is 24.1 Å². The molecule has 43 heavy (non-hydrogen) atoms. The fraction of sp³-hybridized carbons (Fsp3) is 0.536. The van der Waals surface area contributed by atoms with E-state index in [4.69, 9.17) is 10.2 Å². The highest BCUT2D eigenvalue weighted by molar-refractivity contribution is 6.10. The number of rotatable bonds is 14. The number of likely N-dealkylation sites (tertiary alicyclic amines) is 1. The number of benzene rings is 1. The summed E-state index contributed by atoms with van der Waals surface area (Å²) in [6.07, 6.45) is -0.169. The molecule has 1 heterocycles. The predicted molar refractivity (Wildman–Crippen MR) is 146 cm³/mol. The lowest BCUT2D eigenvalue weighted by molar-refractivity contribution is -0.163. The number of ketones is 1. The van der Waals surface area contributed by atoms with Gasteiger partial charge in [-0.2, -0.15) is 8.78 Å². The van der Waals surface area contributed by atoms with Gasteiger partial charge in [0.05, 0.1) is 24.1 Å². The summed E-state index contributed by atoms with van der Waals surface area (Å²) in [7, 11) is 0. The molecule has 2 rings (SSSR count). The summed E-state index contributed by atoms with van der Waals surface area (Å²) in [5, 5.41) is 24.1. The third kappa shape index (κ3) is 8.86. The minimum atomic E-state index is -4.51. The Balaban J connectivity index is 2.17. The van der Waals surface area contributed by atoms with Crippen molar-refractivity contribution < 1.29 is 52.6 Å². The van der Waals surface area contributed by atoms with Gasteiger partial charge in [0.25, 0.3) is 11.8 Å². The molecule has 1 aliphatic heterocycles. The first-order valence-electron chi connectivity index (χ1n) is 13.7. The van der Waals surface area contributed by atoms with Crippen molar-refractivity contribution in [2.24, 2.45) is 11.8 Å². The minimum Gasteiger partial charge on any atom is -0.481 e. The van der Waals surface area contributed by atoms with Crippen molar-refractivity contribution in [3.63, 3.8) is 0 Å². The number of hydrogen-bond donors (Lipinski definition) is 5. The smallest absolute Gasteiger partial charge is 0.383 e. The Kier molecular flexibility index (Phi) is 12.0. The molecule has 0 saturated carbocycles. The second-order valence-electron chi connectivity index (χ2n) is 10.9. The minimum absolute atomic E-state index is 0.0452. The Morgan fingerprint density at radius 1 is 0.953 bits per heavy atom. The van der Waals surface area contributed by atoms with Crippen molar-refractivity contribution in [2.75, 3.05) is 13.1 Å². The third-order valence-electron chi connectivity index (χ3n) is 6.95. The molecule has 1 unspecified atom stereocenters. The number of carbonyl (C=O) groups excluding carboxylic acids is 5. The summed E-state index contributed by atoms with van der Waals surface area (Å²) in [6, 6.07) is 1.01. The van der Waals surface area contributed by atoms with Crippen molar-refractivity contribution >= 4 is 41.4 Å². The molecule has 15 heteroatoms. The van der Waals surface area contributed by atoms with Gasteiger partial charge >= 0.3 is 17.9 Å². The summed E-state index contributed by atoms with van der Waals surface area (Å²) < 4.78 is 29.8. The molecule has 0 aliphatic carbocycles. The van der Waals surface area contributed by atoms with Crippen LogP contribution in [0.3, 0.4) is 0 Å². The van der Waals surface area contributed by atoms with Crippen molar-refractivity contribution in [1.29, 1.82) is 0 Å². The van der Waals surface area contributed by atoms with Crippen LogP contribution in [0.25, 0.3) is 0 Å². The van der Waals surface area contributed by atoms with Crippen molar-refractivity contribution in [3.05, 3.63) is 35.4 Å². The van der Waals surface area contributed by atoms with E-state index < -0.39 is 90.2 Å². The largest absolute Gasteiger partial charge is 0.481 e. The van der Waals surface area contributed by atoms with Crippen LogP contribution >= 0.6 is 0 Å². The monoisotopic (exact) mass is 610 g/mol. The summed E-state index contributed by atoms with van der Waals surface area (Å²) in [5.41, 5.74) is 0.0270. The molecule has 3 atom stereocenters. The van der Waals surface area contributed by atoms with Gasteiger partial charge in [0.15, 0.2) is 0 Å². The van der Waals surface area contributed by atoms with Crippen LogP contribution in [-0.2, 0) is 24.0 Å². The SMILES string of the molecule is CC(C)C(C(=O)C(F)(F)C(=O)NCCC(=O)O)N1CCC[C@H]1C(=O)NC(=O)[C@@H](NC(=O)c1ccc(C(=O)O)cc1)C(C)C. The van der Waals surface area contributed by atoms with Crippen molar-refractivity contribution in [2.45, 2.75) is 71.0 Å². The van der Waals surface area contributed by atoms with Gasteiger partial charge in [-0.25, -0.2) is 4.79 Å². The number of hydrogen-bond acceptors (Lipinski definition) is 8. The molecule has 0 aromatic heterocycles. The van der Waals surface area contributed by atoms with Crippen LogP contribution in [-0.4, -0.2) is 93.6 Å². The molecule has 236 valence electrons. The Hall–Kier alpha value is -4.27. The van der Waals surface area contributed by atoms with Gasteiger partial charge in [-0.05, 0) is 55.5 Å². The lowest BCUT2D eigenvalue weighted by Crippen LogP contribution is -2.60. The Morgan fingerprint density at radius 2 is 1.53 bits per heavy atom. The topological polar surface area (TPSA) is 199 Å². The van der Waals surface area contributed by atoms with E-state index in [1.807, 2.05) is 0 Å². The molecule has 1 saturated heterocycles. The number of amides is 4. The number of Topliss-reactive ketones (excluding diaryl/α,β-unsaturated/α-hetero) is 1. The van der Waals surface area contributed by atoms with Gasteiger partial charge in [-0.1, -0.05) is 27.7 Å². The fourth-order valence-corrected chi connectivity index (χ4v) is 4.74. The van der Waals surface area contributed by atoms with Gasteiger partial charge in [-0.15, -0.1) is 0 Å². The number of alkyl halides is 2. The molecule has 0 radical (unpaired) electrons. The van der Waals surface area contributed by atoms with Crippen molar-refractivity contribution in [1.82, 2.24) is 20.9 Å². The van der Waals surface area contributed by atoms with E-state index >= 15 is 0 Å². The van der Waals surface area contributed by atoms with Crippen LogP contribution in [0.5, 0.6) is 0 Å². The number of aliphatic carboxylic acids is 1. The van der Waals surface area contributed by atoms with Gasteiger partial charge in [0.2, 0.25) is 17.6 Å². The lowest BCUT2D eigenvalue weighted by atomic mass is 9.93. The Labute approximate surface area is 246 Å². The first-order valence-corrected chi connectivity index (χ1v) is 13.7. The molecule has 1 aromatic rings. The molecule has 1 aromatic carbocycles. The highest BCUT2D eigenvalue weighted by atomic mass is 19.3. The highest BCUT2D eigenvalue weighted by Crippen LogP contribution is 2.30. The number of nitrogens with zero attached hydrogens (tertiary/aromatic N) is 1. The zero-order valence-electron chi connectivity index (χ0n) is 24.2. The molecular formula is C28H36F2N4O9. The first-order chi connectivity index (χ1) is 20.0. The van der Waals surface area contributed by atoms with Gasteiger partial charge in [0, 0.05) is 12.1 Å². The normalized spacial score (nSPS) is 16.8. The van der Waals surface area contributed by atoms with E-state index in [2.05, 4.69) is 10.6 Å². The maximum Gasteiger partial charge on any atom is 0.383 e. The number of nitrogens with one attached hydrogen (secondary N) is 3. The van der Waals surface area contributed by atoms with E-state index in [1.54, 1.807) is 19.2 Å². The van der Waals surface area contributed by atoms with Crippen LogP contribution in [0.2, 0.25) is 0 Å². The number of halogens is 2. The summed E-state index contributed by atoms with van der Waals surface area (Å²) in [5.74, 6) is -14.5. The van der Waals surface area contributed by atoms with Gasteiger partial charge < -0.3 is 20.8 Å². The summed E-state index contributed by atoms with van der Waals surface area (Å²) in [6.45, 7) is 5.60. The molecule has 1 fully saturated rings. The molecule has 1 aliphatic rings. The molecule has 0 bridgehead atoms. The number of carboxylic acids is 2. The third-order valence-corrected chi connectivity index (χ3v) is 6.95. The predicted octanol–water partition coefficient (Wildman–Crippen LogP) is 1.07. The van der Waals surface area contributed by atoms with Crippen LogP contribution in [0.1, 0.15) is 67.7 Å². The summed E-state index contributed by atoms with van der Waals surface area (Å²) in [4.78, 5) is 87.0. The number of carbonyl (C=O) groups is 7. The second-order valence-corrected chi connectivity index (χ2v) is 10.9. The first kappa shape index (κ1) is 34.9. The van der Waals surface area contributed by atoms with Crippen LogP contribution in [0, 0.1) is 11.8 Å². The van der Waals surface area contributed by atoms with Crippen molar-refractivity contribution in [3.8, 4) is 0 Å². The average molecular weight is 611 g/mol. The zero-order valence-corrected chi connectivity index (χ0v) is 24.2. The fourth-order valence-electron chi connectivity index (χ4n) is 4.74. The number of imide groups is 1. The number of aromatic carboxylic acids is 1. The maximum absolute atomic E-state index is 14.9. The molecule has 4 amide bonds. The van der Waals surface area contributed by atoms with Crippen LogP contribution in [0.15, 0.2) is 24.3 Å². The standard InChI is InChI=1S/C28H36F2N4O9/c1-14(2)20(32-23(38)16-7-9-17(10-8-16)26(41)42)25(40)33-24(39)18-6-5-13-34(18)21(15(3)4)22(37)28(29,30)27(43)31-12-11-19(35)36/h7-10,14-15,18,20-21H,5-6,11-13H2,1-4H3,(H,31,43)(H,32,38)(H,35,36)(H,41,42)(H,33,39,40)/t18-,20-,21?/m0/s1. The second kappa shape index (κ2) is 14.8. The maximum atomic E-state index is 14.9. The molecule has 5 N–H and O–H groups in total. The molecule has 13 nitrogen and oxygen atoms in total. The lowest BCUT2D eigenvalue weighted by Gasteiger charge is -2.35. The number of carboxylic acid groups (broad SMARTS) is 2. The quantitative estimate of drug-likeness (QED) is 0.190. The summed E-state index contributed by atoms with van der Waals surface area (Å²) >= 11 is 0. The Bertz CT molecular complexity index is 1250. The van der Waals surface area contributed by atoms with E-state index in [9.17, 15) is 42.3 Å². The molecular weight excluding hydrogens is 574 g/mol. The average Bonchev–Trinajstić information content (AvgIpc) is 3.40.